The van der Waals surface area contributed by atoms with Gasteiger partial charge in [0.15, 0.2) is 5.96 Å². The molecule has 0 heterocycles. The second-order valence-electron chi connectivity index (χ2n) is 6.45. The zero-order valence-electron chi connectivity index (χ0n) is 13.1. The van der Waals surface area contributed by atoms with E-state index in [2.05, 4.69) is 48.5 Å². The Balaban J connectivity index is 0.00000324. The second-order valence-corrected chi connectivity index (χ2v) is 6.45. The lowest BCUT2D eigenvalue weighted by molar-refractivity contribution is 0.241. The summed E-state index contributed by atoms with van der Waals surface area (Å²) in [5, 5.41) is 6.97. The van der Waals surface area contributed by atoms with Gasteiger partial charge >= 0.3 is 0 Å². The Morgan fingerprint density at radius 3 is 2.32 bits per heavy atom. The molecule has 0 saturated heterocycles. The summed E-state index contributed by atoms with van der Waals surface area (Å²) in [6, 6.07) is 0.619. The molecule has 1 aliphatic carbocycles. The van der Waals surface area contributed by atoms with E-state index in [9.17, 15) is 0 Å². The average Bonchev–Trinajstić information content (AvgIpc) is 2.75. The van der Waals surface area contributed by atoms with Crippen LogP contribution in [0.15, 0.2) is 4.99 Å². The summed E-state index contributed by atoms with van der Waals surface area (Å²) in [6.45, 7) is 6.57. The highest BCUT2D eigenvalue weighted by molar-refractivity contribution is 14.0. The zero-order valence-corrected chi connectivity index (χ0v) is 15.5. The van der Waals surface area contributed by atoms with Crippen molar-refractivity contribution < 1.29 is 0 Å². The number of aliphatic imine (C=N–C) groups is 1. The van der Waals surface area contributed by atoms with Crippen molar-refractivity contribution in [2.24, 2.45) is 10.4 Å². The molecule has 0 aromatic carbocycles. The molecule has 4 nitrogen and oxygen atoms in total. The van der Waals surface area contributed by atoms with E-state index in [4.69, 9.17) is 0 Å². The lowest BCUT2D eigenvalue weighted by Gasteiger charge is -2.29. The highest BCUT2D eigenvalue weighted by Gasteiger charge is 2.20. The fourth-order valence-corrected chi connectivity index (χ4v) is 2.69. The van der Waals surface area contributed by atoms with E-state index in [-0.39, 0.29) is 29.4 Å². The van der Waals surface area contributed by atoms with Crippen LogP contribution < -0.4 is 10.6 Å². The molecule has 0 aromatic heterocycles. The maximum absolute atomic E-state index is 4.31. The summed E-state index contributed by atoms with van der Waals surface area (Å²) in [6.07, 6.45) is 5.26. The van der Waals surface area contributed by atoms with Gasteiger partial charge in [0.1, 0.15) is 0 Å². The molecule has 1 rings (SSSR count). The highest BCUT2D eigenvalue weighted by atomic mass is 127. The Labute approximate surface area is 135 Å². The molecule has 0 amide bonds. The van der Waals surface area contributed by atoms with Crippen molar-refractivity contribution in [2.45, 2.75) is 45.6 Å². The normalized spacial score (nSPS) is 17.5. The van der Waals surface area contributed by atoms with Gasteiger partial charge in [-0.05, 0) is 32.4 Å². The van der Waals surface area contributed by atoms with Crippen LogP contribution in [0.4, 0.5) is 0 Å². The first-order valence-corrected chi connectivity index (χ1v) is 7.05. The van der Waals surface area contributed by atoms with E-state index in [0.29, 0.717) is 6.04 Å². The van der Waals surface area contributed by atoms with Gasteiger partial charge in [0.25, 0.3) is 0 Å². The number of hydrogen-bond donors (Lipinski definition) is 2. The molecule has 0 aromatic rings. The topological polar surface area (TPSA) is 39.7 Å². The molecule has 0 bridgehead atoms. The van der Waals surface area contributed by atoms with Crippen molar-refractivity contribution in [2.75, 3.05) is 34.2 Å². The molecule has 2 N–H and O–H groups in total. The van der Waals surface area contributed by atoms with Crippen LogP contribution in [0.1, 0.15) is 39.5 Å². The largest absolute Gasteiger partial charge is 0.356 e. The van der Waals surface area contributed by atoms with E-state index in [1.165, 1.54) is 25.7 Å². The summed E-state index contributed by atoms with van der Waals surface area (Å²) in [5.41, 5.74) is 0.247. The van der Waals surface area contributed by atoms with Crippen molar-refractivity contribution in [3.05, 3.63) is 0 Å². The van der Waals surface area contributed by atoms with Gasteiger partial charge in [0, 0.05) is 26.2 Å². The number of rotatable bonds is 5. The number of halogens is 1. The minimum Gasteiger partial charge on any atom is -0.356 e. The van der Waals surface area contributed by atoms with E-state index >= 15 is 0 Å². The van der Waals surface area contributed by atoms with Gasteiger partial charge in [-0.15, -0.1) is 24.0 Å². The second kappa shape index (κ2) is 9.00. The third-order valence-electron chi connectivity index (χ3n) is 3.40. The molecule has 0 atom stereocenters. The lowest BCUT2D eigenvalue weighted by atomic mass is 9.93. The number of nitrogens with zero attached hydrogens (tertiary/aromatic N) is 2. The Hall–Kier alpha value is -0.0400. The van der Waals surface area contributed by atoms with Crippen LogP contribution in [0.2, 0.25) is 0 Å². The molecule has 0 radical (unpaired) electrons. The first-order chi connectivity index (χ1) is 8.43. The van der Waals surface area contributed by atoms with E-state index in [0.717, 1.165) is 19.0 Å². The lowest BCUT2D eigenvalue weighted by Crippen LogP contribution is -2.47. The molecule has 114 valence electrons. The summed E-state index contributed by atoms with van der Waals surface area (Å²) in [5.74, 6) is 0.953. The first-order valence-electron chi connectivity index (χ1n) is 7.05. The van der Waals surface area contributed by atoms with Crippen LogP contribution in [-0.4, -0.2) is 51.1 Å². The molecule has 5 heteroatoms. The summed E-state index contributed by atoms with van der Waals surface area (Å²) >= 11 is 0. The van der Waals surface area contributed by atoms with Crippen LogP contribution in [0.5, 0.6) is 0 Å². The summed E-state index contributed by atoms with van der Waals surface area (Å²) in [7, 11) is 6.09. The SMILES string of the molecule is CN=C(NCC(C)(C)CN(C)C)NC1CCCC1.I. The van der Waals surface area contributed by atoms with Gasteiger partial charge < -0.3 is 15.5 Å². The first kappa shape index (κ1) is 19.0. The van der Waals surface area contributed by atoms with Crippen molar-refractivity contribution in [1.82, 2.24) is 15.5 Å². The molecule has 1 saturated carbocycles. The average molecular weight is 382 g/mol. The van der Waals surface area contributed by atoms with Crippen LogP contribution in [0.3, 0.4) is 0 Å². The zero-order chi connectivity index (χ0) is 13.6. The van der Waals surface area contributed by atoms with E-state index in [1.807, 2.05) is 7.05 Å². The van der Waals surface area contributed by atoms with Crippen molar-refractivity contribution >= 4 is 29.9 Å². The molecular formula is C14H31IN4. The van der Waals surface area contributed by atoms with Gasteiger partial charge in [-0.25, -0.2) is 0 Å². The summed E-state index contributed by atoms with van der Waals surface area (Å²) < 4.78 is 0. The fraction of sp³-hybridized carbons (Fsp3) is 0.929. The Bertz CT molecular complexity index is 271. The molecular weight excluding hydrogens is 351 g/mol. The van der Waals surface area contributed by atoms with Gasteiger partial charge in [0.05, 0.1) is 0 Å². The fourth-order valence-electron chi connectivity index (χ4n) is 2.69. The summed E-state index contributed by atoms with van der Waals surface area (Å²) in [4.78, 5) is 6.55. The Morgan fingerprint density at radius 2 is 1.84 bits per heavy atom. The third-order valence-corrected chi connectivity index (χ3v) is 3.40. The van der Waals surface area contributed by atoms with Gasteiger partial charge in [-0.3, -0.25) is 4.99 Å². The standard InChI is InChI=1S/C14H30N4.HI/c1-14(2,11-18(4)5)10-16-13(15-3)17-12-8-6-7-9-12;/h12H,6-11H2,1-5H3,(H2,15,16,17);1H. The maximum Gasteiger partial charge on any atom is 0.191 e. The number of hydrogen-bond acceptors (Lipinski definition) is 2. The highest BCUT2D eigenvalue weighted by Crippen LogP contribution is 2.17. The minimum atomic E-state index is 0. The molecule has 0 unspecified atom stereocenters. The predicted molar refractivity (Wildman–Crippen MR) is 94.5 cm³/mol. The molecule has 0 spiro atoms. The number of guanidine groups is 1. The van der Waals surface area contributed by atoms with Gasteiger partial charge in [-0.2, -0.15) is 0 Å². The van der Waals surface area contributed by atoms with Crippen molar-refractivity contribution in [3.63, 3.8) is 0 Å². The molecule has 1 aliphatic rings. The van der Waals surface area contributed by atoms with Gasteiger partial charge in [0.2, 0.25) is 0 Å². The third kappa shape index (κ3) is 7.97. The number of nitrogens with one attached hydrogen (secondary N) is 2. The van der Waals surface area contributed by atoms with Crippen LogP contribution in [0, 0.1) is 5.41 Å². The van der Waals surface area contributed by atoms with E-state index < -0.39 is 0 Å². The minimum absolute atomic E-state index is 0. The van der Waals surface area contributed by atoms with Crippen LogP contribution in [-0.2, 0) is 0 Å². The molecule has 19 heavy (non-hydrogen) atoms. The maximum atomic E-state index is 4.31. The predicted octanol–water partition coefficient (Wildman–Crippen LogP) is 2.30. The van der Waals surface area contributed by atoms with Crippen molar-refractivity contribution in [3.8, 4) is 0 Å². The van der Waals surface area contributed by atoms with E-state index in [1.54, 1.807) is 0 Å². The molecule has 0 aliphatic heterocycles. The van der Waals surface area contributed by atoms with Crippen LogP contribution >= 0.6 is 24.0 Å². The quantitative estimate of drug-likeness (QED) is 0.436. The molecule has 1 fully saturated rings. The monoisotopic (exact) mass is 382 g/mol. The van der Waals surface area contributed by atoms with Crippen LogP contribution in [0.25, 0.3) is 0 Å². The van der Waals surface area contributed by atoms with Crippen molar-refractivity contribution in [1.29, 1.82) is 0 Å². The smallest absolute Gasteiger partial charge is 0.191 e. The Morgan fingerprint density at radius 1 is 1.26 bits per heavy atom. The van der Waals surface area contributed by atoms with Gasteiger partial charge in [-0.1, -0.05) is 26.7 Å². The Kier molecular flexibility index (Phi) is 8.98.